The van der Waals surface area contributed by atoms with Crippen LogP contribution < -0.4 is 10.6 Å². The molecule has 1 atom stereocenters. The summed E-state index contributed by atoms with van der Waals surface area (Å²) >= 11 is 0. The molecular weight excluding hydrogens is 260 g/mol. The second-order valence-electron chi connectivity index (χ2n) is 5.03. The van der Waals surface area contributed by atoms with E-state index in [2.05, 4.69) is 10.6 Å². The molecule has 4 amide bonds. The lowest BCUT2D eigenvalue weighted by Gasteiger charge is -2.36. The number of carbonyl (C=O) groups is 4. The maximum absolute atomic E-state index is 12.4. The van der Waals surface area contributed by atoms with Gasteiger partial charge in [-0.15, -0.1) is 0 Å². The summed E-state index contributed by atoms with van der Waals surface area (Å²) in [5, 5.41) is 4.45. The highest BCUT2D eigenvalue weighted by Gasteiger charge is 2.56. The minimum atomic E-state index is -1.52. The van der Waals surface area contributed by atoms with Crippen LogP contribution in [0.5, 0.6) is 0 Å². The third-order valence-corrected chi connectivity index (χ3v) is 4.10. The largest absolute Gasteiger partial charge is 0.291 e. The standard InChI is InChI=1S/C14H8N2O4/c17-10-7-3-4-8-9-6(7)2-1-5-14(9,12(19)15-10)13(20)16-11(8)18/h1-4H,5H2,(H,15,17,19)(H,16,18,20). The number of hydrogen-bond acceptors (Lipinski definition) is 4. The Kier molecular flexibility index (Phi) is 1.79. The molecule has 20 heavy (non-hydrogen) atoms. The average molecular weight is 268 g/mol. The fourth-order valence-electron chi connectivity index (χ4n) is 3.17. The highest BCUT2D eigenvalue weighted by molar-refractivity contribution is 6.28. The minimum absolute atomic E-state index is 0.134. The van der Waals surface area contributed by atoms with Crippen LogP contribution in [0.25, 0.3) is 6.08 Å². The summed E-state index contributed by atoms with van der Waals surface area (Å²) in [5.41, 5.74) is -0.0972. The first-order valence-corrected chi connectivity index (χ1v) is 6.11. The van der Waals surface area contributed by atoms with Gasteiger partial charge in [-0.25, -0.2) is 0 Å². The van der Waals surface area contributed by atoms with Crippen LogP contribution >= 0.6 is 0 Å². The molecule has 4 rings (SSSR count). The molecule has 0 saturated carbocycles. The topological polar surface area (TPSA) is 92.3 Å². The van der Waals surface area contributed by atoms with Gasteiger partial charge in [0.1, 0.15) is 0 Å². The van der Waals surface area contributed by atoms with E-state index in [1.54, 1.807) is 12.2 Å². The third-order valence-electron chi connectivity index (χ3n) is 4.10. The summed E-state index contributed by atoms with van der Waals surface area (Å²) in [4.78, 5) is 48.7. The van der Waals surface area contributed by atoms with Gasteiger partial charge in [0, 0.05) is 11.1 Å². The van der Waals surface area contributed by atoms with Gasteiger partial charge in [0.25, 0.3) is 11.8 Å². The molecule has 2 aliphatic heterocycles. The van der Waals surface area contributed by atoms with Crippen LogP contribution in [-0.4, -0.2) is 23.6 Å². The zero-order chi connectivity index (χ0) is 14.1. The Labute approximate surface area is 112 Å². The van der Waals surface area contributed by atoms with E-state index in [1.807, 2.05) is 0 Å². The van der Waals surface area contributed by atoms with Crippen molar-refractivity contribution < 1.29 is 19.2 Å². The van der Waals surface area contributed by atoms with Crippen molar-refractivity contribution in [3.8, 4) is 0 Å². The van der Waals surface area contributed by atoms with E-state index in [0.717, 1.165) is 0 Å². The molecule has 1 unspecified atom stereocenters. The summed E-state index contributed by atoms with van der Waals surface area (Å²) in [6, 6.07) is 2.99. The molecule has 6 heteroatoms. The zero-order valence-corrected chi connectivity index (χ0v) is 10.1. The molecule has 6 nitrogen and oxygen atoms in total. The molecule has 0 saturated heterocycles. The van der Waals surface area contributed by atoms with Crippen LogP contribution in [0.15, 0.2) is 18.2 Å². The van der Waals surface area contributed by atoms with Crippen LogP contribution in [0.3, 0.4) is 0 Å². The normalized spacial score (nSPS) is 26.0. The van der Waals surface area contributed by atoms with Crippen LogP contribution in [0.2, 0.25) is 0 Å². The Morgan fingerprint density at radius 3 is 2.20 bits per heavy atom. The van der Waals surface area contributed by atoms with Crippen molar-refractivity contribution in [3.05, 3.63) is 40.5 Å². The van der Waals surface area contributed by atoms with E-state index in [0.29, 0.717) is 16.7 Å². The van der Waals surface area contributed by atoms with Crippen molar-refractivity contribution in [2.45, 2.75) is 11.8 Å². The van der Waals surface area contributed by atoms with E-state index in [1.165, 1.54) is 12.1 Å². The lowest BCUT2D eigenvalue weighted by atomic mass is 9.67. The lowest BCUT2D eigenvalue weighted by molar-refractivity contribution is -0.136. The molecule has 0 spiro atoms. The smallest absolute Gasteiger partial charge is 0.258 e. The van der Waals surface area contributed by atoms with E-state index in [-0.39, 0.29) is 12.0 Å². The van der Waals surface area contributed by atoms with E-state index >= 15 is 0 Å². The first-order valence-electron chi connectivity index (χ1n) is 6.11. The Morgan fingerprint density at radius 2 is 1.50 bits per heavy atom. The van der Waals surface area contributed by atoms with Gasteiger partial charge in [-0.05, 0) is 29.7 Å². The Morgan fingerprint density at radius 1 is 0.900 bits per heavy atom. The van der Waals surface area contributed by atoms with Gasteiger partial charge < -0.3 is 0 Å². The summed E-state index contributed by atoms with van der Waals surface area (Å²) < 4.78 is 0. The van der Waals surface area contributed by atoms with Crippen LogP contribution in [0, 0.1) is 0 Å². The van der Waals surface area contributed by atoms with Crippen molar-refractivity contribution in [3.63, 3.8) is 0 Å². The molecule has 1 aliphatic carbocycles. The van der Waals surface area contributed by atoms with Gasteiger partial charge in [0.15, 0.2) is 5.41 Å². The fourth-order valence-corrected chi connectivity index (χ4v) is 3.17. The maximum atomic E-state index is 12.4. The number of carbonyl (C=O) groups excluding carboxylic acids is 4. The second kappa shape index (κ2) is 3.22. The molecule has 1 aromatic carbocycles. The molecule has 3 aliphatic rings. The molecule has 2 N–H and O–H groups in total. The Bertz CT molecular complexity index is 778. The maximum Gasteiger partial charge on any atom is 0.258 e. The number of rotatable bonds is 0. The molecule has 4 bridgehead atoms. The minimum Gasteiger partial charge on any atom is -0.291 e. The number of imide groups is 2. The van der Waals surface area contributed by atoms with Gasteiger partial charge in [0.2, 0.25) is 11.8 Å². The van der Waals surface area contributed by atoms with Crippen molar-refractivity contribution in [2.24, 2.45) is 0 Å². The van der Waals surface area contributed by atoms with Gasteiger partial charge in [-0.2, -0.15) is 0 Å². The van der Waals surface area contributed by atoms with Crippen LogP contribution in [0.1, 0.15) is 38.3 Å². The Hall–Kier alpha value is -2.76. The second-order valence-corrected chi connectivity index (χ2v) is 5.03. The van der Waals surface area contributed by atoms with Crippen LogP contribution in [-0.2, 0) is 15.0 Å². The van der Waals surface area contributed by atoms with E-state index < -0.39 is 29.0 Å². The van der Waals surface area contributed by atoms with Crippen LogP contribution in [0.4, 0.5) is 0 Å². The predicted molar refractivity (Wildman–Crippen MR) is 66.7 cm³/mol. The van der Waals surface area contributed by atoms with Gasteiger partial charge in [-0.1, -0.05) is 12.2 Å². The predicted octanol–water partition coefficient (Wildman–Crippen LogP) is -0.119. The number of allylic oxidation sites excluding steroid dienone is 1. The molecular formula is C14H8N2O4. The summed E-state index contributed by atoms with van der Waals surface area (Å²) in [7, 11) is 0. The van der Waals surface area contributed by atoms with Gasteiger partial charge in [-0.3, -0.25) is 29.8 Å². The SMILES string of the molecule is O=C1NC(=O)C23CC=Cc4c1ccc(c42)C(=O)NC3=O. The average Bonchev–Trinajstić information content (AvgIpc) is 2.47. The van der Waals surface area contributed by atoms with E-state index in [9.17, 15) is 19.2 Å². The van der Waals surface area contributed by atoms with Crippen molar-refractivity contribution >= 4 is 29.7 Å². The monoisotopic (exact) mass is 268 g/mol. The molecule has 0 fully saturated rings. The summed E-state index contributed by atoms with van der Waals surface area (Å²) in [6.07, 6.45) is 3.51. The van der Waals surface area contributed by atoms with Crippen molar-refractivity contribution in [1.82, 2.24) is 10.6 Å². The zero-order valence-electron chi connectivity index (χ0n) is 10.1. The van der Waals surface area contributed by atoms with E-state index in [4.69, 9.17) is 0 Å². The molecule has 0 aromatic heterocycles. The first-order chi connectivity index (χ1) is 9.55. The number of benzene rings is 1. The first kappa shape index (κ1) is 11.1. The number of hydrogen-bond donors (Lipinski definition) is 2. The highest BCUT2D eigenvalue weighted by Crippen LogP contribution is 2.43. The summed E-state index contributed by atoms with van der Waals surface area (Å²) in [5.74, 6) is -2.44. The summed E-state index contributed by atoms with van der Waals surface area (Å²) in [6.45, 7) is 0. The van der Waals surface area contributed by atoms with Crippen molar-refractivity contribution in [2.75, 3.05) is 0 Å². The Balaban J connectivity index is 2.23. The van der Waals surface area contributed by atoms with Crippen molar-refractivity contribution in [1.29, 1.82) is 0 Å². The fraction of sp³-hybridized carbons (Fsp3) is 0.143. The number of amides is 4. The lowest BCUT2D eigenvalue weighted by Crippen LogP contribution is -2.59. The molecule has 2 heterocycles. The molecule has 0 radical (unpaired) electrons. The van der Waals surface area contributed by atoms with Gasteiger partial charge >= 0.3 is 0 Å². The van der Waals surface area contributed by atoms with Gasteiger partial charge in [0.05, 0.1) is 0 Å². The number of nitrogens with one attached hydrogen (secondary N) is 2. The molecule has 98 valence electrons. The quantitative estimate of drug-likeness (QED) is 0.507. The molecule has 1 aromatic rings. The highest BCUT2D eigenvalue weighted by atomic mass is 16.2. The third kappa shape index (κ3) is 1.01.